The molecule has 0 saturated carbocycles. The first-order valence-corrected chi connectivity index (χ1v) is 6.04. The number of aryl methyl sites for hydroxylation is 2. The predicted molar refractivity (Wildman–Crippen MR) is 67.4 cm³/mol. The van der Waals surface area contributed by atoms with Gasteiger partial charge in [-0.05, 0) is 13.8 Å². The molecular formula is C13H19N3O2. The molecule has 1 aromatic heterocycles. The topological polar surface area (TPSA) is 55.3 Å². The molecule has 2 heterocycles. The van der Waals surface area contributed by atoms with E-state index in [1.54, 1.807) is 4.90 Å². The van der Waals surface area contributed by atoms with Crippen LogP contribution in [0.2, 0.25) is 0 Å². The first kappa shape index (κ1) is 13.0. The molecule has 0 radical (unpaired) electrons. The Labute approximate surface area is 107 Å². The first-order chi connectivity index (χ1) is 8.43. The van der Waals surface area contributed by atoms with Gasteiger partial charge in [-0.15, -0.1) is 0 Å². The Morgan fingerprint density at radius 3 is 2.39 bits per heavy atom. The molecule has 0 unspecified atom stereocenters. The molecule has 1 amide bonds. The Bertz CT molecular complexity index is 449. The average Bonchev–Trinajstić information content (AvgIpc) is 2.26. The highest BCUT2D eigenvalue weighted by Crippen LogP contribution is 2.27. The predicted octanol–water partition coefficient (Wildman–Crippen LogP) is 1.20. The summed E-state index contributed by atoms with van der Waals surface area (Å²) in [6, 6.07) is 0. The molecular weight excluding hydrogens is 230 g/mol. The van der Waals surface area contributed by atoms with Gasteiger partial charge < -0.3 is 9.64 Å². The molecule has 0 aromatic carbocycles. The van der Waals surface area contributed by atoms with Crippen LogP contribution in [-0.4, -0.2) is 47.6 Å². The van der Waals surface area contributed by atoms with E-state index >= 15 is 0 Å². The summed E-state index contributed by atoms with van der Waals surface area (Å²) in [5.41, 5.74) is 2.16. The van der Waals surface area contributed by atoms with Crippen molar-refractivity contribution in [2.24, 2.45) is 5.41 Å². The molecule has 1 aliphatic heterocycles. The number of carbonyl (C=O) groups is 1. The number of carbonyl (C=O) groups excluding carboxylic acids is 1. The fourth-order valence-electron chi connectivity index (χ4n) is 2.28. The molecule has 5 nitrogen and oxygen atoms in total. The molecule has 0 N–H and O–H groups in total. The lowest BCUT2D eigenvalue weighted by Crippen LogP contribution is -2.49. The lowest BCUT2D eigenvalue weighted by Gasteiger charge is -2.40. The zero-order chi connectivity index (χ0) is 13.3. The highest BCUT2D eigenvalue weighted by atomic mass is 16.5. The van der Waals surface area contributed by atoms with Gasteiger partial charge in [0.05, 0.1) is 30.2 Å². The standard InChI is InChI=1S/C13H19N3O2/c1-9-11(10(2)15-8-14-9)12(17)16(4)5-13(3)6-18-7-13/h8H,5-7H2,1-4H3. The molecule has 0 bridgehead atoms. The maximum absolute atomic E-state index is 12.4. The van der Waals surface area contributed by atoms with Gasteiger partial charge in [0.1, 0.15) is 6.33 Å². The Morgan fingerprint density at radius 1 is 1.39 bits per heavy atom. The number of hydrogen-bond acceptors (Lipinski definition) is 4. The van der Waals surface area contributed by atoms with Crippen LogP contribution in [0.3, 0.4) is 0 Å². The zero-order valence-corrected chi connectivity index (χ0v) is 11.4. The Morgan fingerprint density at radius 2 is 1.94 bits per heavy atom. The Kier molecular flexibility index (Phi) is 3.34. The third kappa shape index (κ3) is 2.36. The van der Waals surface area contributed by atoms with Crippen LogP contribution in [0.15, 0.2) is 6.33 Å². The van der Waals surface area contributed by atoms with Gasteiger partial charge in [0.25, 0.3) is 5.91 Å². The van der Waals surface area contributed by atoms with E-state index in [2.05, 4.69) is 16.9 Å². The minimum atomic E-state index is -0.0151. The molecule has 1 saturated heterocycles. The number of hydrogen-bond donors (Lipinski definition) is 0. The lowest BCUT2D eigenvalue weighted by atomic mass is 9.88. The van der Waals surface area contributed by atoms with Gasteiger partial charge in [-0.2, -0.15) is 0 Å². The van der Waals surface area contributed by atoms with Crippen LogP contribution in [0.25, 0.3) is 0 Å². The fraction of sp³-hybridized carbons (Fsp3) is 0.615. The second-order valence-electron chi connectivity index (χ2n) is 5.38. The summed E-state index contributed by atoms with van der Waals surface area (Å²) in [4.78, 5) is 22.3. The summed E-state index contributed by atoms with van der Waals surface area (Å²) < 4.78 is 5.21. The van der Waals surface area contributed by atoms with Crippen molar-refractivity contribution in [1.29, 1.82) is 0 Å². The van der Waals surface area contributed by atoms with Gasteiger partial charge in [-0.1, -0.05) is 6.92 Å². The molecule has 98 valence electrons. The third-order valence-electron chi connectivity index (χ3n) is 3.31. The molecule has 1 aliphatic rings. The van der Waals surface area contributed by atoms with Gasteiger partial charge in [-0.25, -0.2) is 9.97 Å². The van der Waals surface area contributed by atoms with E-state index < -0.39 is 0 Å². The monoisotopic (exact) mass is 249 g/mol. The summed E-state index contributed by atoms with van der Waals surface area (Å²) in [6.45, 7) is 7.93. The molecule has 5 heteroatoms. The summed E-state index contributed by atoms with van der Waals surface area (Å²) in [5.74, 6) is -0.0151. The van der Waals surface area contributed by atoms with Crippen molar-refractivity contribution >= 4 is 5.91 Å². The minimum absolute atomic E-state index is 0.0151. The van der Waals surface area contributed by atoms with Crippen LogP contribution in [0.1, 0.15) is 28.7 Å². The van der Waals surface area contributed by atoms with E-state index in [0.717, 1.165) is 11.4 Å². The van der Waals surface area contributed by atoms with E-state index in [4.69, 9.17) is 4.74 Å². The number of amides is 1. The number of ether oxygens (including phenoxy) is 1. The average molecular weight is 249 g/mol. The van der Waals surface area contributed by atoms with E-state index in [9.17, 15) is 4.79 Å². The number of nitrogens with zero attached hydrogens (tertiary/aromatic N) is 3. The highest BCUT2D eigenvalue weighted by molar-refractivity contribution is 5.96. The fourth-order valence-corrected chi connectivity index (χ4v) is 2.28. The Balaban J connectivity index is 2.15. The molecule has 0 aliphatic carbocycles. The van der Waals surface area contributed by atoms with Crippen LogP contribution >= 0.6 is 0 Å². The van der Waals surface area contributed by atoms with Crippen molar-refractivity contribution in [3.05, 3.63) is 23.3 Å². The van der Waals surface area contributed by atoms with E-state index in [0.29, 0.717) is 25.3 Å². The molecule has 0 atom stereocenters. The Hall–Kier alpha value is -1.49. The first-order valence-electron chi connectivity index (χ1n) is 6.04. The molecule has 0 spiro atoms. The van der Waals surface area contributed by atoms with Crippen LogP contribution < -0.4 is 0 Å². The van der Waals surface area contributed by atoms with Crippen molar-refractivity contribution in [2.45, 2.75) is 20.8 Å². The smallest absolute Gasteiger partial charge is 0.257 e. The van der Waals surface area contributed by atoms with Gasteiger partial charge in [0.2, 0.25) is 0 Å². The largest absolute Gasteiger partial charge is 0.380 e. The summed E-state index contributed by atoms with van der Waals surface area (Å²) >= 11 is 0. The summed E-state index contributed by atoms with van der Waals surface area (Å²) in [5, 5.41) is 0. The van der Waals surface area contributed by atoms with Gasteiger partial charge >= 0.3 is 0 Å². The third-order valence-corrected chi connectivity index (χ3v) is 3.31. The number of rotatable bonds is 3. The molecule has 2 rings (SSSR count). The van der Waals surface area contributed by atoms with E-state index in [1.807, 2.05) is 20.9 Å². The van der Waals surface area contributed by atoms with Gasteiger partial charge in [0.15, 0.2) is 0 Å². The molecule has 1 fully saturated rings. The van der Waals surface area contributed by atoms with Crippen molar-refractivity contribution in [2.75, 3.05) is 26.8 Å². The van der Waals surface area contributed by atoms with E-state index in [1.165, 1.54) is 6.33 Å². The number of aromatic nitrogens is 2. The zero-order valence-electron chi connectivity index (χ0n) is 11.4. The summed E-state index contributed by atoms with van der Waals surface area (Å²) in [6.07, 6.45) is 1.49. The maximum atomic E-state index is 12.4. The van der Waals surface area contributed by atoms with Gasteiger partial charge in [-0.3, -0.25) is 4.79 Å². The second-order valence-corrected chi connectivity index (χ2v) is 5.38. The second kappa shape index (κ2) is 4.65. The van der Waals surface area contributed by atoms with Crippen LogP contribution in [-0.2, 0) is 4.74 Å². The van der Waals surface area contributed by atoms with Crippen LogP contribution in [0, 0.1) is 19.3 Å². The normalized spacial score (nSPS) is 17.1. The van der Waals surface area contributed by atoms with Crippen molar-refractivity contribution < 1.29 is 9.53 Å². The van der Waals surface area contributed by atoms with E-state index in [-0.39, 0.29) is 11.3 Å². The van der Waals surface area contributed by atoms with Gasteiger partial charge in [0, 0.05) is 19.0 Å². The van der Waals surface area contributed by atoms with Crippen molar-refractivity contribution in [3.63, 3.8) is 0 Å². The SMILES string of the molecule is Cc1ncnc(C)c1C(=O)N(C)CC1(C)COC1. The van der Waals surface area contributed by atoms with Crippen molar-refractivity contribution in [1.82, 2.24) is 14.9 Å². The maximum Gasteiger partial charge on any atom is 0.257 e. The van der Waals surface area contributed by atoms with Crippen LogP contribution in [0.5, 0.6) is 0 Å². The highest BCUT2D eigenvalue weighted by Gasteiger charge is 2.36. The molecule has 18 heavy (non-hydrogen) atoms. The summed E-state index contributed by atoms with van der Waals surface area (Å²) in [7, 11) is 1.82. The minimum Gasteiger partial charge on any atom is -0.380 e. The molecule has 1 aromatic rings. The van der Waals surface area contributed by atoms with Crippen molar-refractivity contribution in [3.8, 4) is 0 Å². The quantitative estimate of drug-likeness (QED) is 0.807. The lowest BCUT2D eigenvalue weighted by molar-refractivity contribution is -0.109. The van der Waals surface area contributed by atoms with Crippen LogP contribution in [0.4, 0.5) is 0 Å².